The molecule has 31 heavy (non-hydrogen) atoms. The number of hydrogen-bond acceptors (Lipinski definition) is 5. The molecule has 1 aliphatic carbocycles. The molecule has 0 aromatic heterocycles. The molecule has 6 nitrogen and oxygen atoms in total. The van der Waals surface area contributed by atoms with Crippen LogP contribution in [0.4, 0.5) is 4.79 Å². The lowest BCUT2D eigenvalue weighted by atomic mass is 9.85. The highest BCUT2D eigenvalue weighted by molar-refractivity contribution is 6.60. The van der Waals surface area contributed by atoms with Gasteiger partial charge in [0.05, 0.1) is 0 Å². The Labute approximate surface area is 186 Å². The van der Waals surface area contributed by atoms with Gasteiger partial charge in [-0.2, -0.15) is 0 Å². The van der Waals surface area contributed by atoms with E-state index in [1.807, 2.05) is 48.5 Å². The van der Waals surface area contributed by atoms with Gasteiger partial charge >= 0.3 is 17.4 Å². The van der Waals surface area contributed by atoms with Crippen LogP contribution in [-0.4, -0.2) is 22.5 Å². The van der Waals surface area contributed by atoms with Crippen LogP contribution < -0.4 is 9.47 Å². The molecular formula is C24H25ClO6. The molecule has 0 spiro atoms. The molecule has 0 unspecified atom stereocenters. The second-order valence-electron chi connectivity index (χ2n) is 7.03. The van der Waals surface area contributed by atoms with Crippen molar-refractivity contribution in [1.29, 1.82) is 0 Å². The van der Waals surface area contributed by atoms with Crippen molar-refractivity contribution in [3.63, 3.8) is 0 Å². The van der Waals surface area contributed by atoms with E-state index in [1.54, 1.807) is 0 Å². The van der Waals surface area contributed by atoms with E-state index in [9.17, 15) is 9.59 Å². The first-order valence-corrected chi connectivity index (χ1v) is 10.3. The maximum atomic E-state index is 11.1. The van der Waals surface area contributed by atoms with Crippen LogP contribution in [0.2, 0.25) is 0 Å². The number of carboxylic acid groups (broad SMARTS) is 1. The molecule has 0 radical (unpaired) electrons. The largest absolute Gasteiger partial charge is 0.469 e. The van der Waals surface area contributed by atoms with Crippen LogP contribution in [-0.2, 0) is 9.59 Å². The third-order valence-electron chi connectivity index (χ3n) is 4.62. The van der Waals surface area contributed by atoms with Crippen molar-refractivity contribution in [3.05, 3.63) is 65.2 Å². The number of carbonyl (C=O) groups is 3. The monoisotopic (exact) mass is 444 g/mol. The van der Waals surface area contributed by atoms with E-state index >= 15 is 0 Å². The van der Waals surface area contributed by atoms with Gasteiger partial charge in [-0.1, -0.05) is 36.3 Å². The zero-order chi connectivity index (χ0) is 22.8. The fourth-order valence-electron chi connectivity index (χ4n) is 3.51. The Morgan fingerprint density at radius 2 is 1.10 bits per heavy atom. The lowest BCUT2D eigenvalue weighted by Gasteiger charge is -2.20. The molecule has 0 saturated heterocycles. The minimum Gasteiger partial charge on any atom is -0.469 e. The third-order valence-corrected chi connectivity index (χ3v) is 4.62. The second-order valence-corrected chi connectivity index (χ2v) is 7.35. The van der Waals surface area contributed by atoms with Crippen molar-refractivity contribution < 1.29 is 29.0 Å². The van der Waals surface area contributed by atoms with Crippen molar-refractivity contribution in [2.24, 2.45) is 0 Å². The van der Waals surface area contributed by atoms with Gasteiger partial charge < -0.3 is 14.6 Å². The van der Waals surface area contributed by atoms with E-state index < -0.39 is 5.43 Å². The lowest BCUT2D eigenvalue weighted by Crippen LogP contribution is -2.03. The number of esters is 2. The summed E-state index contributed by atoms with van der Waals surface area (Å²) in [4.78, 5) is 31.0. The van der Waals surface area contributed by atoms with E-state index in [1.165, 1.54) is 44.3 Å². The van der Waals surface area contributed by atoms with Gasteiger partial charge in [0, 0.05) is 25.4 Å². The van der Waals surface area contributed by atoms with Crippen LogP contribution >= 0.6 is 11.6 Å². The fraction of sp³-hybridized carbons (Fsp3) is 0.292. The predicted octanol–water partition coefficient (Wildman–Crippen LogP) is 6.21. The summed E-state index contributed by atoms with van der Waals surface area (Å²) in [5.41, 5.74) is 3.51. The summed E-state index contributed by atoms with van der Waals surface area (Å²) in [5.74, 6) is 0.443. The molecule has 1 fully saturated rings. The SMILES string of the molecule is CC(=O)Oc1ccc(C(=C2CCCCC2)c2ccc(OC(C)=O)cc2)cc1.O=C(O)Cl. The van der Waals surface area contributed by atoms with Gasteiger partial charge in [-0.05, 0) is 66.6 Å². The summed E-state index contributed by atoms with van der Waals surface area (Å²) in [7, 11) is 0. The van der Waals surface area contributed by atoms with Crippen molar-refractivity contribution in [1.82, 2.24) is 0 Å². The van der Waals surface area contributed by atoms with Gasteiger partial charge in [-0.3, -0.25) is 9.59 Å². The first kappa shape index (κ1) is 24.2. The summed E-state index contributed by atoms with van der Waals surface area (Å²) >= 11 is 4.19. The maximum Gasteiger partial charge on any atom is 0.401 e. The van der Waals surface area contributed by atoms with Gasteiger partial charge in [0.25, 0.3) is 0 Å². The minimum atomic E-state index is -1.36. The molecular weight excluding hydrogens is 420 g/mol. The van der Waals surface area contributed by atoms with Crippen LogP contribution in [0.15, 0.2) is 54.1 Å². The number of carbonyl (C=O) groups excluding carboxylic acids is 2. The van der Waals surface area contributed by atoms with Crippen molar-refractivity contribution in [2.75, 3.05) is 0 Å². The summed E-state index contributed by atoms with van der Waals surface area (Å²) < 4.78 is 10.3. The van der Waals surface area contributed by atoms with Crippen LogP contribution in [0, 0.1) is 0 Å². The second kappa shape index (κ2) is 11.9. The Morgan fingerprint density at radius 1 is 0.742 bits per heavy atom. The fourth-order valence-corrected chi connectivity index (χ4v) is 3.51. The Balaban J connectivity index is 0.000000785. The molecule has 0 heterocycles. The highest BCUT2D eigenvalue weighted by atomic mass is 35.5. The molecule has 164 valence electrons. The van der Waals surface area contributed by atoms with E-state index in [0.717, 1.165) is 24.0 Å². The Morgan fingerprint density at radius 3 is 1.42 bits per heavy atom. The van der Waals surface area contributed by atoms with Gasteiger partial charge in [0.15, 0.2) is 0 Å². The highest BCUT2D eigenvalue weighted by Crippen LogP contribution is 2.36. The Bertz CT molecular complexity index is 872. The molecule has 3 rings (SSSR count). The number of allylic oxidation sites excluding steroid dienone is 1. The summed E-state index contributed by atoms with van der Waals surface area (Å²) in [5, 5.41) is 7.18. The molecule has 2 aromatic rings. The molecule has 1 N–H and O–H groups in total. The van der Waals surface area contributed by atoms with E-state index in [4.69, 9.17) is 19.4 Å². The van der Waals surface area contributed by atoms with Crippen molar-refractivity contribution >= 4 is 34.5 Å². The molecule has 0 aliphatic heterocycles. The third kappa shape index (κ3) is 8.26. The average Bonchev–Trinajstić information content (AvgIpc) is 2.70. The van der Waals surface area contributed by atoms with Gasteiger partial charge in [0.2, 0.25) is 0 Å². The number of halogens is 1. The van der Waals surface area contributed by atoms with Gasteiger partial charge in [-0.25, -0.2) is 4.79 Å². The zero-order valence-corrected chi connectivity index (χ0v) is 18.3. The van der Waals surface area contributed by atoms with E-state index in [2.05, 4.69) is 11.6 Å². The number of rotatable bonds is 4. The summed E-state index contributed by atoms with van der Waals surface area (Å²) in [6, 6.07) is 15.3. The van der Waals surface area contributed by atoms with E-state index in [0.29, 0.717) is 11.5 Å². The van der Waals surface area contributed by atoms with Crippen molar-refractivity contribution in [3.8, 4) is 11.5 Å². The number of hydrogen-bond donors (Lipinski definition) is 1. The summed E-state index contributed by atoms with van der Waals surface area (Å²) in [6.45, 7) is 2.79. The average molecular weight is 445 g/mol. The van der Waals surface area contributed by atoms with Gasteiger partial charge in [-0.15, -0.1) is 0 Å². The number of benzene rings is 2. The molecule has 2 aromatic carbocycles. The first-order valence-electron chi connectivity index (χ1n) is 9.94. The molecule has 1 saturated carbocycles. The summed E-state index contributed by atoms with van der Waals surface area (Å²) in [6.07, 6.45) is 5.86. The smallest absolute Gasteiger partial charge is 0.401 e. The first-order chi connectivity index (χ1) is 14.8. The van der Waals surface area contributed by atoms with Crippen LogP contribution in [0.25, 0.3) is 5.57 Å². The van der Waals surface area contributed by atoms with Crippen LogP contribution in [0.1, 0.15) is 57.1 Å². The zero-order valence-electron chi connectivity index (χ0n) is 17.5. The van der Waals surface area contributed by atoms with Gasteiger partial charge in [0.1, 0.15) is 11.5 Å². The lowest BCUT2D eigenvalue weighted by molar-refractivity contribution is -0.132. The predicted molar refractivity (Wildman–Crippen MR) is 118 cm³/mol. The van der Waals surface area contributed by atoms with Crippen LogP contribution in [0.5, 0.6) is 11.5 Å². The molecule has 0 bridgehead atoms. The molecule has 1 aliphatic rings. The standard InChI is InChI=1S/C23H24O4.CHClO2/c1-16(24)26-21-12-8-19(9-13-21)23(18-6-4-3-5-7-18)20-10-14-22(15-11-20)27-17(2)25;2-1(3)4/h8-15H,3-7H2,1-2H3;(H,3,4). The van der Waals surface area contributed by atoms with Crippen molar-refractivity contribution in [2.45, 2.75) is 46.0 Å². The normalized spacial score (nSPS) is 12.8. The topological polar surface area (TPSA) is 89.9 Å². The minimum absolute atomic E-state index is 0.324. The number of ether oxygens (including phenoxy) is 2. The maximum absolute atomic E-state index is 11.1. The molecule has 0 amide bonds. The Hall–Kier alpha value is -3.12. The molecule has 7 heteroatoms. The van der Waals surface area contributed by atoms with Crippen LogP contribution in [0.3, 0.4) is 0 Å². The quantitative estimate of drug-likeness (QED) is 0.342. The molecule has 0 atom stereocenters. The highest BCUT2D eigenvalue weighted by Gasteiger charge is 2.15. The van der Waals surface area contributed by atoms with E-state index in [-0.39, 0.29) is 11.9 Å². The Kier molecular flexibility index (Phi) is 9.28.